The smallest absolute Gasteiger partial charge is 0.330 e. The minimum Gasteiger partial charge on any atom is -0.467 e. The van der Waals surface area contributed by atoms with Crippen LogP contribution in [0.15, 0.2) is 18.2 Å². The minimum atomic E-state index is -1.26. The molecule has 0 aliphatic heterocycles. The number of hydrogen-bond acceptors (Lipinski definition) is 4. The predicted molar refractivity (Wildman–Crippen MR) is 65.6 cm³/mol. The van der Waals surface area contributed by atoms with Crippen molar-refractivity contribution in [3.63, 3.8) is 0 Å². The maximum atomic E-state index is 13.3. The van der Waals surface area contributed by atoms with Crippen LogP contribution in [0.1, 0.15) is 12.5 Å². The molecule has 0 aliphatic carbocycles. The van der Waals surface area contributed by atoms with Crippen LogP contribution in [-0.2, 0) is 19.8 Å². The third kappa shape index (κ3) is 3.48. The number of benzene rings is 1. The highest BCUT2D eigenvalue weighted by Gasteiger charge is 2.36. The summed E-state index contributed by atoms with van der Waals surface area (Å²) in [6, 6.07) is 3.30. The second-order valence-electron chi connectivity index (χ2n) is 4.17. The van der Waals surface area contributed by atoms with Gasteiger partial charge in [0.2, 0.25) is 0 Å². The van der Waals surface area contributed by atoms with E-state index in [0.717, 1.165) is 12.1 Å². The van der Waals surface area contributed by atoms with E-state index in [2.05, 4.69) is 5.32 Å². The summed E-state index contributed by atoms with van der Waals surface area (Å²) in [6.45, 7) is 2.28. The number of carbonyl (C=O) groups is 1. The van der Waals surface area contributed by atoms with E-state index in [1.807, 2.05) is 0 Å². The number of rotatable bonds is 6. The van der Waals surface area contributed by atoms with Crippen molar-refractivity contribution in [1.82, 2.24) is 5.32 Å². The van der Waals surface area contributed by atoms with Crippen LogP contribution in [0.4, 0.5) is 8.78 Å². The van der Waals surface area contributed by atoms with E-state index in [-0.39, 0.29) is 5.56 Å². The van der Waals surface area contributed by atoms with Crippen LogP contribution in [0.25, 0.3) is 0 Å². The molecule has 0 fully saturated rings. The predicted octanol–water partition coefficient (Wildman–Crippen LogP) is 1.59. The van der Waals surface area contributed by atoms with E-state index in [4.69, 9.17) is 9.47 Å². The first-order valence-electron chi connectivity index (χ1n) is 5.73. The van der Waals surface area contributed by atoms with Crippen molar-refractivity contribution in [2.24, 2.45) is 0 Å². The Kier molecular flexibility index (Phi) is 5.38. The molecular formula is C13H17F2NO3. The van der Waals surface area contributed by atoms with Crippen molar-refractivity contribution in [1.29, 1.82) is 0 Å². The van der Waals surface area contributed by atoms with Gasteiger partial charge in [0.25, 0.3) is 0 Å². The molecule has 1 aromatic rings. The molecule has 1 unspecified atom stereocenters. The second-order valence-corrected chi connectivity index (χ2v) is 4.17. The van der Waals surface area contributed by atoms with Gasteiger partial charge in [-0.25, -0.2) is 13.6 Å². The second kappa shape index (κ2) is 6.58. The van der Waals surface area contributed by atoms with Crippen LogP contribution < -0.4 is 5.32 Å². The zero-order valence-corrected chi connectivity index (χ0v) is 11.1. The lowest BCUT2D eigenvalue weighted by Gasteiger charge is -2.28. The summed E-state index contributed by atoms with van der Waals surface area (Å²) in [5.74, 6) is -2.57. The van der Waals surface area contributed by atoms with Gasteiger partial charge in [-0.3, -0.25) is 5.32 Å². The number of ether oxygens (including phenoxy) is 2. The first-order chi connectivity index (χ1) is 8.95. The average Bonchev–Trinajstić information content (AvgIpc) is 2.40. The van der Waals surface area contributed by atoms with Gasteiger partial charge in [0.05, 0.1) is 13.7 Å². The average molecular weight is 273 g/mol. The first-order valence-corrected chi connectivity index (χ1v) is 5.73. The van der Waals surface area contributed by atoms with E-state index in [0.29, 0.717) is 13.2 Å². The Hall–Kier alpha value is -1.53. The van der Waals surface area contributed by atoms with Gasteiger partial charge in [0, 0.05) is 13.7 Å². The third-order valence-electron chi connectivity index (χ3n) is 2.88. The molecule has 19 heavy (non-hydrogen) atoms. The van der Waals surface area contributed by atoms with Crippen molar-refractivity contribution in [3.05, 3.63) is 35.4 Å². The molecule has 1 aromatic carbocycles. The van der Waals surface area contributed by atoms with Gasteiger partial charge in [0.1, 0.15) is 5.54 Å². The Morgan fingerprint density at radius 1 is 1.32 bits per heavy atom. The highest BCUT2D eigenvalue weighted by Crippen LogP contribution is 2.24. The van der Waals surface area contributed by atoms with Crippen molar-refractivity contribution >= 4 is 5.97 Å². The van der Waals surface area contributed by atoms with Gasteiger partial charge in [-0.05, 0) is 24.6 Å². The van der Waals surface area contributed by atoms with Gasteiger partial charge < -0.3 is 9.47 Å². The van der Waals surface area contributed by atoms with E-state index in [9.17, 15) is 13.6 Å². The molecule has 0 bridgehead atoms. The number of halogens is 2. The molecule has 0 heterocycles. The molecule has 6 heteroatoms. The van der Waals surface area contributed by atoms with Crippen LogP contribution >= 0.6 is 0 Å². The Morgan fingerprint density at radius 3 is 2.53 bits per heavy atom. The molecule has 0 spiro atoms. The molecule has 106 valence electrons. The molecule has 0 saturated carbocycles. The molecule has 1 atom stereocenters. The van der Waals surface area contributed by atoms with Crippen LogP contribution in [0.2, 0.25) is 0 Å². The summed E-state index contributed by atoms with van der Waals surface area (Å²) in [6.07, 6.45) is 0. The summed E-state index contributed by atoms with van der Waals surface area (Å²) in [4.78, 5) is 11.9. The lowest BCUT2D eigenvalue weighted by Crippen LogP contribution is -2.48. The fraction of sp³-hybridized carbons (Fsp3) is 0.462. The third-order valence-corrected chi connectivity index (χ3v) is 2.88. The van der Waals surface area contributed by atoms with Crippen LogP contribution in [0.5, 0.6) is 0 Å². The quantitative estimate of drug-likeness (QED) is 0.631. The summed E-state index contributed by atoms with van der Waals surface area (Å²) in [5, 5.41) is 2.92. The number of esters is 1. The Labute approximate surface area is 110 Å². The van der Waals surface area contributed by atoms with E-state index in [1.54, 1.807) is 6.92 Å². The van der Waals surface area contributed by atoms with Crippen LogP contribution in [0, 0.1) is 11.6 Å². The molecule has 1 rings (SSSR count). The molecule has 0 radical (unpaired) electrons. The van der Waals surface area contributed by atoms with Crippen LogP contribution in [0.3, 0.4) is 0 Å². The SMILES string of the molecule is COCCNC(C)(C(=O)OC)c1ccc(F)c(F)c1. The first kappa shape index (κ1) is 15.5. The van der Waals surface area contributed by atoms with Gasteiger partial charge >= 0.3 is 5.97 Å². The fourth-order valence-corrected chi connectivity index (χ4v) is 1.71. The molecule has 1 N–H and O–H groups in total. The molecule has 0 aromatic heterocycles. The largest absolute Gasteiger partial charge is 0.467 e. The Morgan fingerprint density at radius 2 is 2.00 bits per heavy atom. The summed E-state index contributed by atoms with van der Waals surface area (Å²) < 4.78 is 35.8. The standard InChI is InChI=1S/C13H17F2NO3/c1-13(12(17)19-3,16-6-7-18-2)9-4-5-10(14)11(15)8-9/h4-5,8,16H,6-7H2,1-3H3. The van der Waals surface area contributed by atoms with Crippen LogP contribution in [-0.4, -0.2) is 33.3 Å². The fourth-order valence-electron chi connectivity index (χ4n) is 1.71. The van der Waals surface area contributed by atoms with Crippen molar-refractivity contribution < 1.29 is 23.0 Å². The van der Waals surface area contributed by atoms with Gasteiger partial charge in [-0.1, -0.05) is 6.07 Å². The maximum absolute atomic E-state index is 13.3. The molecule has 4 nitrogen and oxygen atoms in total. The summed E-state index contributed by atoms with van der Waals surface area (Å²) in [5.41, 5.74) is -0.976. The highest BCUT2D eigenvalue weighted by atomic mass is 19.2. The maximum Gasteiger partial charge on any atom is 0.330 e. The van der Waals surface area contributed by atoms with E-state index >= 15 is 0 Å². The minimum absolute atomic E-state index is 0.286. The molecule has 0 amide bonds. The summed E-state index contributed by atoms with van der Waals surface area (Å²) >= 11 is 0. The number of nitrogens with one attached hydrogen (secondary N) is 1. The normalized spacial score (nSPS) is 13.9. The number of carbonyl (C=O) groups excluding carboxylic acids is 1. The van der Waals surface area contributed by atoms with Gasteiger partial charge in [-0.15, -0.1) is 0 Å². The van der Waals surface area contributed by atoms with Crippen molar-refractivity contribution in [2.75, 3.05) is 27.4 Å². The molecule has 0 saturated heterocycles. The lowest BCUT2D eigenvalue weighted by atomic mass is 9.91. The Balaban J connectivity index is 3.07. The monoisotopic (exact) mass is 273 g/mol. The number of methoxy groups -OCH3 is 2. The highest BCUT2D eigenvalue weighted by molar-refractivity contribution is 5.82. The van der Waals surface area contributed by atoms with Crippen molar-refractivity contribution in [3.8, 4) is 0 Å². The lowest BCUT2D eigenvalue weighted by molar-refractivity contribution is -0.148. The number of hydrogen-bond donors (Lipinski definition) is 1. The topological polar surface area (TPSA) is 47.6 Å². The van der Waals surface area contributed by atoms with E-state index in [1.165, 1.54) is 20.3 Å². The van der Waals surface area contributed by atoms with E-state index < -0.39 is 23.1 Å². The summed E-state index contributed by atoms with van der Waals surface area (Å²) in [7, 11) is 2.76. The molecule has 0 aliphatic rings. The Bertz CT molecular complexity index is 454. The van der Waals surface area contributed by atoms with Crippen molar-refractivity contribution in [2.45, 2.75) is 12.5 Å². The zero-order valence-electron chi connectivity index (χ0n) is 11.1. The molecular weight excluding hydrogens is 256 g/mol. The van der Waals surface area contributed by atoms with Gasteiger partial charge in [-0.2, -0.15) is 0 Å². The zero-order chi connectivity index (χ0) is 14.5. The van der Waals surface area contributed by atoms with Gasteiger partial charge in [0.15, 0.2) is 11.6 Å².